The zero-order valence-electron chi connectivity index (χ0n) is 17.7. The molecule has 0 bridgehead atoms. The number of carbonyl (C=O) groups is 1. The van der Waals surface area contributed by atoms with Crippen LogP contribution in [0.2, 0.25) is 0 Å². The molecule has 0 saturated heterocycles. The van der Waals surface area contributed by atoms with Crippen molar-refractivity contribution in [1.29, 1.82) is 0 Å². The maximum absolute atomic E-state index is 12.8. The second-order valence-corrected chi connectivity index (χ2v) is 9.51. The summed E-state index contributed by atoms with van der Waals surface area (Å²) < 4.78 is 28.0. The van der Waals surface area contributed by atoms with E-state index in [4.69, 9.17) is 0 Å². The second kappa shape index (κ2) is 10.0. The first-order chi connectivity index (χ1) is 13.6. The average molecular weight is 418 g/mol. The van der Waals surface area contributed by atoms with Crippen molar-refractivity contribution in [3.63, 3.8) is 0 Å². The van der Waals surface area contributed by atoms with Crippen molar-refractivity contribution in [2.24, 2.45) is 5.92 Å². The van der Waals surface area contributed by atoms with E-state index in [1.54, 1.807) is 24.3 Å². The first-order valence-corrected chi connectivity index (χ1v) is 11.2. The molecule has 2 atom stereocenters. The van der Waals surface area contributed by atoms with Gasteiger partial charge in [0.2, 0.25) is 15.9 Å². The largest absolute Gasteiger partial charge is 0.353 e. The first kappa shape index (κ1) is 23.1. The third kappa shape index (κ3) is 6.39. The van der Waals surface area contributed by atoms with Crippen LogP contribution in [0, 0.1) is 12.8 Å². The number of carbonyl (C=O) groups excluding carboxylic acids is 1. The van der Waals surface area contributed by atoms with Crippen molar-refractivity contribution < 1.29 is 13.2 Å². The summed E-state index contributed by atoms with van der Waals surface area (Å²) >= 11 is 0. The quantitative estimate of drug-likeness (QED) is 0.658. The minimum Gasteiger partial charge on any atom is -0.353 e. The number of nitrogens with one attached hydrogen (secondary N) is 2. The molecule has 0 aliphatic heterocycles. The number of nitrogens with zero attached hydrogens (tertiary/aromatic N) is 1. The van der Waals surface area contributed by atoms with Crippen molar-refractivity contribution in [2.75, 3.05) is 20.6 Å². The molecule has 0 aliphatic carbocycles. The zero-order chi connectivity index (χ0) is 21.6. The molecule has 0 saturated carbocycles. The fourth-order valence-corrected chi connectivity index (χ4v) is 4.37. The highest BCUT2D eigenvalue weighted by Crippen LogP contribution is 2.17. The Labute approximate surface area is 174 Å². The molecule has 0 fully saturated rings. The smallest absolute Gasteiger partial charge is 0.241 e. The molecule has 29 heavy (non-hydrogen) atoms. The lowest BCUT2D eigenvalue weighted by molar-refractivity contribution is -0.123. The minimum atomic E-state index is -3.79. The molecule has 0 spiro atoms. The molecule has 6 nitrogen and oxygen atoms in total. The predicted molar refractivity (Wildman–Crippen MR) is 116 cm³/mol. The molecular weight excluding hydrogens is 386 g/mol. The van der Waals surface area contributed by atoms with Gasteiger partial charge >= 0.3 is 0 Å². The predicted octanol–water partition coefficient (Wildman–Crippen LogP) is 2.72. The lowest BCUT2D eigenvalue weighted by Crippen LogP contribution is -2.50. The number of benzene rings is 2. The van der Waals surface area contributed by atoms with E-state index in [-0.39, 0.29) is 22.8 Å². The van der Waals surface area contributed by atoms with Gasteiger partial charge in [-0.3, -0.25) is 4.79 Å². The van der Waals surface area contributed by atoms with Crippen molar-refractivity contribution in [3.8, 4) is 0 Å². The van der Waals surface area contributed by atoms with E-state index in [1.807, 2.05) is 70.1 Å². The van der Waals surface area contributed by atoms with Crippen LogP contribution in [0.15, 0.2) is 59.5 Å². The SMILES string of the molecule is Cc1ccc(S(=O)(=O)N[C@H](C(=O)NC[C@@H](c2ccccc2)N(C)C)C(C)C)cc1. The van der Waals surface area contributed by atoms with E-state index >= 15 is 0 Å². The number of sulfonamides is 1. The Morgan fingerprint density at radius 2 is 1.59 bits per heavy atom. The van der Waals surface area contributed by atoms with Gasteiger partial charge in [0.05, 0.1) is 10.9 Å². The second-order valence-electron chi connectivity index (χ2n) is 7.79. The third-order valence-corrected chi connectivity index (χ3v) is 6.30. The Morgan fingerprint density at radius 3 is 2.10 bits per heavy atom. The van der Waals surface area contributed by atoms with Crippen molar-refractivity contribution in [3.05, 3.63) is 65.7 Å². The first-order valence-electron chi connectivity index (χ1n) is 9.70. The Hall–Kier alpha value is -2.22. The fourth-order valence-electron chi connectivity index (χ4n) is 3.03. The Kier molecular flexibility index (Phi) is 7.96. The molecule has 0 radical (unpaired) electrons. The van der Waals surface area contributed by atoms with Crippen molar-refractivity contribution in [2.45, 2.75) is 37.8 Å². The molecule has 0 aromatic heterocycles. The van der Waals surface area contributed by atoms with Crippen LogP contribution in [-0.4, -0.2) is 45.9 Å². The van der Waals surface area contributed by atoms with Gasteiger partial charge in [-0.15, -0.1) is 0 Å². The molecule has 7 heteroatoms. The van der Waals surface area contributed by atoms with Crippen LogP contribution >= 0.6 is 0 Å². The lowest BCUT2D eigenvalue weighted by Gasteiger charge is -2.27. The Bertz CT molecular complexity index is 895. The lowest BCUT2D eigenvalue weighted by atomic mass is 10.0. The number of likely N-dealkylation sites (N-methyl/N-ethyl adjacent to an activating group) is 1. The van der Waals surface area contributed by atoms with Gasteiger partial charge in [-0.1, -0.05) is 61.9 Å². The van der Waals surface area contributed by atoms with E-state index in [0.29, 0.717) is 6.54 Å². The standard InChI is InChI=1S/C22H31N3O3S/c1-16(2)21(24-29(27,28)19-13-11-17(3)12-14-19)22(26)23-15-20(25(4)5)18-9-7-6-8-10-18/h6-14,16,20-21,24H,15H2,1-5H3,(H,23,26)/t20-,21-/m0/s1. The number of aryl methyl sites for hydroxylation is 1. The monoisotopic (exact) mass is 417 g/mol. The maximum atomic E-state index is 12.8. The Balaban J connectivity index is 2.11. The van der Waals surface area contributed by atoms with E-state index in [1.165, 1.54) is 0 Å². The average Bonchev–Trinajstić information content (AvgIpc) is 2.67. The van der Waals surface area contributed by atoms with Crippen LogP contribution < -0.4 is 10.0 Å². The van der Waals surface area contributed by atoms with Crippen molar-refractivity contribution >= 4 is 15.9 Å². The molecule has 1 amide bonds. The van der Waals surface area contributed by atoms with Crippen molar-refractivity contribution in [1.82, 2.24) is 14.9 Å². The minimum absolute atomic E-state index is 0.0123. The number of hydrogen-bond acceptors (Lipinski definition) is 4. The van der Waals surface area contributed by atoms with Crippen LogP contribution in [0.4, 0.5) is 0 Å². The van der Waals surface area contributed by atoms with Crippen LogP contribution in [0.3, 0.4) is 0 Å². The van der Waals surface area contributed by atoms with E-state index in [9.17, 15) is 13.2 Å². The molecule has 2 rings (SSSR count). The number of amides is 1. The fraction of sp³-hybridized carbons (Fsp3) is 0.409. The van der Waals surface area contributed by atoms with Gasteiger partial charge in [-0.25, -0.2) is 8.42 Å². The maximum Gasteiger partial charge on any atom is 0.241 e. The molecule has 2 aromatic rings. The summed E-state index contributed by atoms with van der Waals surface area (Å²) in [7, 11) is 0.102. The zero-order valence-corrected chi connectivity index (χ0v) is 18.5. The topological polar surface area (TPSA) is 78.5 Å². The van der Waals surface area contributed by atoms with Gasteiger partial charge < -0.3 is 10.2 Å². The van der Waals surface area contributed by atoms with E-state index in [2.05, 4.69) is 10.0 Å². The highest BCUT2D eigenvalue weighted by Gasteiger charge is 2.29. The normalized spacial score (nSPS) is 14.0. The van der Waals surface area contributed by atoms with Crippen LogP contribution in [-0.2, 0) is 14.8 Å². The van der Waals surface area contributed by atoms with Crippen LogP contribution in [0.1, 0.15) is 31.0 Å². The molecule has 2 N–H and O–H groups in total. The van der Waals surface area contributed by atoms with Gasteiger partial charge in [0.15, 0.2) is 0 Å². The third-order valence-electron chi connectivity index (χ3n) is 4.84. The summed E-state index contributed by atoms with van der Waals surface area (Å²) in [6.07, 6.45) is 0. The summed E-state index contributed by atoms with van der Waals surface area (Å²) in [5.41, 5.74) is 2.05. The molecule has 0 aliphatic rings. The highest BCUT2D eigenvalue weighted by molar-refractivity contribution is 7.89. The van der Waals surface area contributed by atoms with E-state index in [0.717, 1.165) is 11.1 Å². The summed E-state index contributed by atoms with van der Waals surface area (Å²) in [6, 6.07) is 15.6. The number of hydrogen-bond donors (Lipinski definition) is 2. The molecule has 0 unspecified atom stereocenters. The molecule has 2 aromatic carbocycles. The van der Waals surface area contributed by atoms with Gasteiger partial charge in [0, 0.05) is 6.54 Å². The molecule has 0 heterocycles. The van der Waals surface area contributed by atoms with Gasteiger partial charge in [-0.05, 0) is 44.6 Å². The van der Waals surface area contributed by atoms with Gasteiger partial charge in [0.25, 0.3) is 0 Å². The highest BCUT2D eigenvalue weighted by atomic mass is 32.2. The molecule has 158 valence electrons. The molecular formula is C22H31N3O3S. The summed E-state index contributed by atoms with van der Waals surface area (Å²) in [4.78, 5) is 15.0. The number of rotatable bonds is 9. The summed E-state index contributed by atoms with van der Waals surface area (Å²) in [5.74, 6) is -0.539. The van der Waals surface area contributed by atoms with E-state index < -0.39 is 16.1 Å². The van der Waals surface area contributed by atoms with Gasteiger partial charge in [0.1, 0.15) is 6.04 Å². The Morgan fingerprint density at radius 1 is 1.00 bits per heavy atom. The summed E-state index contributed by atoms with van der Waals surface area (Å²) in [6.45, 7) is 5.92. The van der Waals surface area contributed by atoms with Crippen LogP contribution in [0.5, 0.6) is 0 Å². The van der Waals surface area contributed by atoms with Crippen LogP contribution in [0.25, 0.3) is 0 Å². The van der Waals surface area contributed by atoms with Gasteiger partial charge in [-0.2, -0.15) is 4.72 Å². The summed E-state index contributed by atoms with van der Waals surface area (Å²) in [5, 5.41) is 2.92.